The third-order valence-electron chi connectivity index (χ3n) is 0.668. The number of aromatic hydroxyl groups is 1. The molecule has 1 heterocycles. The van der Waals surface area contributed by atoms with E-state index in [1.165, 1.54) is 12.3 Å². The fourth-order valence-corrected chi connectivity index (χ4v) is 0.365. The van der Waals surface area contributed by atoms with Crippen molar-refractivity contribution in [2.75, 3.05) is 0 Å². The van der Waals surface area contributed by atoms with Crippen molar-refractivity contribution < 1.29 is 9.95 Å². The predicted octanol–water partition coefficient (Wildman–Crippen LogP) is -0.579. The van der Waals surface area contributed by atoms with Gasteiger partial charge in [0, 0.05) is 11.2 Å². The number of hydrogen-bond acceptors (Lipinski definition) is 3. The van der Waals surface area contributed by atoms with Gasteiger partial charge in [0.25, 0.3) is 6.20 Å². The summed E-state index contributed by atoms with van der Waals surface area (Å²) in [5.74, 6) is -0.0741. The van der Waals surface area contributed by atoms with Gasteiger partial charge in [-0.05, 0) is 0 Å². The predicted molar refractivity (Wildman–Crippen MR) is 24.9 cm³/mol. The summed E-state index contributed by atoms with van der Waals surface area (Å²) in [7, 11) is 0. The summed E-state index contributed by atoms with van der Waals surface area (Å²) in [6.07, 6.45) is 2.20. The molecular formula is C4H4N2O2. The molecule has 0 spiro atoms. The van der Waals surface area contributed by atoms with Crippen LogP contribution in [-0.4, -0.2) is 10.2 Å². The molecule has 0 atom stereocenters. The highest BCUT2D eigenvalue weighted by Gasteiger charge is 1.89. The molecule has 1 N–H and O–H groups in total. The lowest BCUT2D eigenvalue weighted by Gasteiger charge is -1.88. The molecule has 0 amide bonds. The SMILES string of the molecule is [O-][n+]1cc(O)ccn1. The maximum absolute atomic E-state index is 10.1. The Balaban J connectivity index is 3.08. The van der Waals surface area contributed by atoms with Crippen LogP contribution in [0.15, 0.2) is 18.5 Å². The summed E-state index contributed by atoms with van der Waals surface area (Å²) < 4.78 is 0. The molecule has 1 aromatic heterocycles. The molecule has 42 valence electrons. The van der Waals surface area contributed by atoms with Crippen LogP contribution in [-0.2, 0) is 0 Å². The zero-order valence-electron chi connectivity index (χ0n) is 3.98. The summed E-state index contributed by atoms with van der Waals surface area (Å²) in [6, 6.07) is 1.33. The Morgan fingerprint density at radius 1 is 1.75 bits per heavy atom. The lowest BCUT2D eigenvalue weighted by atomic mass is 10.5. The standard InChI is InChI=1S/C4H4N2O2/c7-4-1-2-5-6(8)3-4/h1-3,7H. The summed E-state index contributed by atoms with van der Waals surface area (Å²) in [4.78, 5) is 0.287. The molecule has 4 heteroatoms. The molecule has 0 saturated heterocycles. The molecular weight excluding hydrogens is 108 g/mol. The van der Waals surface area contributed by atoms with E-state index in [0.29, 0.717) is 0 Å². The molecule has 0 aromatic carbocycles. The molecule has 4 nitrogen and oxygen atoms in total. The van der Waals surface area contributed by atoms with Crippen molar-refractivity contribution in [2.24, 2.45) is 0 Å². The van der Waals surface area contributed by atoms with Gasteiger partial charge in [-0.2, -0.15) is 0 Å². The first-order chi connectivity index (χ1) is 3.79. The number of rotatable bonds is 0. The largest absolute Gasteiger partial charge is 0.594 e. The van der Waals surface area contributed by atoms with Crippen LogP contribution in [0.3, 0.4) is 0 Å². The fourth-order valence-electron chi connectivity index (χ4n) is 0.365. The Labute approximate surface area is 45.6 Å². The quantitative estimate of drug-likeness (QED) is 0.361. The van der Waals surface area contributed by atoms with Gasteiger partial charge < -0.3 is 10.3 Å². The zero-order chi connectivity index (χ0) is 5.98. The van der Waals surface area contributed by atoms with Crippen molar-refractivity contribution in [3.63, 3.8) is 0 Å². The van der Waals surface area contributed by atoms with Crippen molar-refractivity contribution >= 4 is 0 Å². The van der Waals surface area contributed by atoms with Crippen LogP contribution in [0, 0.1) is 5.21 Å². The summed E-state index contributed by atoms with van der Waals surface area (Å²) in [5.41, 5.74) is 0. The molecule has 8 heavy (non-hydrogen) atoms. The topological polar surface area (TPSA) is 60.1 Å². The molecule has 0 saturated carbocycles. The Kier molecular flexibility index (Phi) is 0.997. The van der Waals surface area contributed by atoms with Gasteiger partial charge in [0.2, 0.25) is 0 Å². The highest BCUT2D eigenvalue weighted by Crippen LogP contribution is 1.97. The monoisotopic (exact) mass is 112 g/mol. The number of hydrogen-bond donors (Lipinski definition) is 1. The molecule has 0 unspecified atom stereocenters. The fraction of sp³-hybridized carbons (Fsp3) is 0. The van der Waals surface area contributed by atoms with Gasteiger partial charge in [-0.3, -0.25) is 0 Å². The van der Waals surface area contributed by atoms with E-state index in [1.807, 2.05) is 0 Å². The van der Waals surface area contributed by atoms with Crippen LogP contribution in [0.5, 0.6) is 5.75 Å². The Morgan fingerprint density at radius 2 is 2.50 bits per heavy atom. The Morgan fingerprint density at radius 3 is 2.88 bits per heavy atom. The van der Waals surface area contributed by atoms with E-state index in [1.54, 1.807) is 0 Å². The van der Waals surface area contributed by atoms with Crippen molar-refractivity contribution in [2.45, 2.75) is 0 Å². The van der Waals surface area contributed by atoms with Crippen LogP contribution < -0.4 is 4.85 Å². The van der Waals surface area contributed by atoms with Gasteiger partial charge >= 0.3 is 0 Å². The molecule has 0 fully saturated rings. The molecule has 0 aliphatic rings. The first-order valence-corrected chi connectivity index (χ1v) is 2.03. The Bertz CT molecular complexity index is 172. The smallest absolute Gasteiger partial charge is 0.251 e. The van der Waals surface area contributed by atoms with Crippen LogP contribution in [0.4, 0.5) is 0 Å². The molecule has 0 aliphatic carbocycles. The van der Waals surface area contributed by atoms with E-state index in [-0.39, 0.29) is 10.6 Å². The van der Waals surface area contributed by atoms with Crippen LogP contribution in [0.1, 0.15) is 0 Å². The normalized spacial score (nSPS) is 9.00. The Hall–Kier alpha value is -1.32. The summed E-state index contributed by atoms with van der Waals surface area (Å²) >= 11 is 0. The van der Waals surface area contributed by atoms with Crippen molar-refractivity contribution in [3.05, 3.63) is 23.7 Å². The van der Waals surface area contributed by atoms with E-state index in [2.05, 4.69) is 5.10 Å². The van der Waals surface area contributed by atoms with Gasteiger partial charge in [0.1, 0.15) is 0 Å². The number of aromatic nitrogens is 2. The average Bonchev–Trinajstić information content (AvgIpc) is 1.64. The summed E-state index contributed by atoms with van der Waals surface area (Å²) in [6.45, 7) is 0. The lowest BCUT2D eigenvalue weighted by molar-refractivity contribution is -0.669. The highest BCUT2D eigenvalue weighted by atomic mass is 16.5. The highest BCUT2D eigenvalue weighted by molar-refractivity contribution is 5.07. The minimum atomic E-state index is -0.0741. The lowest BCUT2D eigenvalue weighted by Crippen LogP contribution is -2.28. The van der Waals surface area contributed by atoms with E-state index >= 15 is 0 Å². The molecule has 1 aromatic rings. The second-order valence-electron chi connectivity index (χ2n) is 1.29. The number of nitrogens with zero attached hydrogens (tertiary/aromatic N) is 2. The maximum atomic E-state index is 10.1. The van der Waals surface area contributed by atoms with Gasteiger partial charge in [-0.25, -0.2) is 0 Å². The second-order valence-corrected chi connectivity index (χ2v) is 1.29. The van der Waals surface area contributed by atoms with E-state index < -0.39 is 0 Å². The van der Waals surface area contributed by atoms with E-state index in [0.717, 1.165) is 6.20 Å². The van der Waals surface area contributed by atoms with Gasteiger partial charge in [-0.1, -0.05) is 4.85 Å². The third-order valence-corrected chi connectivity index (χ3v) is 0.668. The zero-order valence-corrected chi connectivity index (χ0v) is 3.98. The second kappa shape index (κ2) is 1.65. The van der Waals surface area contributed by atoms with Crippen LogP contribution in [0.25, 0.3) is 0 Å². The summed E-state index contributed by atoms with van der Waals surface area (Å²) in [5, 5.41) is 21.9. The minimum Gasteiger partial charge on any atom is -0.594 e. The molecule has 0 bridgehead atoms. The van der Waals surface area contributed by atoms with E-state index in [4.69, 9.17) is 5.11 Å². The first-order valence-electron chi connectivity index (χ1n) is 2.03. The van der Waals surface area contributed by atoms with Crippen LogP contribution >= 0.6 is 0 Å². The third kappa shape index (κ3) is 0.841. The van der Waals surface area contributed by atoms with Crippen molar-refractivity contribution in [3.8, 4) is 5.75 Å². The maximum Gasteiger partial charge on any atom is 0.251 e. The van der Waals surface area contributed by atoms with E-state index in [9.17, 15) is 5.21 Å². The average molecular weight is 112 g/mol. The first kappa shape index (κ1) is 4.83. The minimum absolute atomic E-state index is 0.0741. The van der Waals surface area contributed by atoms with Crippen LogP contribution in [0.2, 0.25) is 0 Å². The van der Waals surface area contributed by atoms with Gasteiger partial charge in [0.15, 0.2) is 5.75 Å². The molecule has 0 aliphatic heterocycles. The molecule has 0 radical (unpaired) electrons. The van der Waals surface area contributed by atoms with Crippen molar-refractivity contribution in [1.82, 2.24) is 5.10 Å². The van der Waals surface area contributed by atoms with Crippen molar-refractivity contribution in [1.29, 1.82) is 0 Å². The van der Waals surface area contributed by atoms with Gasteiger partial charge in [0.05, 0.1) is 6.20 Å². The molecule has 1 rings (SSSR count). The van der Waals surface area contributed by atoms with Gasteiger partial charge in [-0.15, -0.1) is 0 Å².